The Morgan fingerprint density at radius 3 is 2.83 bits per heavy atom. The first-order chi connectivity index (χ1) is 11.7. The summed E-state index contributed by atoms with van der Waals surface area (Å²) in [6.45, 7) is 3.18. The summed E-state index contributed by atoms with van der Waals surface area (Å²) < 4.78 is 0. The summed E-state index contributed by atoms with van der Waals surface area (Å²) in [5.41, 5.74) is 3.06. The highest BCUT2D eigenvalue weighted by Gasteiger charge is 2.37. The minimum Gasteiger partial charge on any atom is -0.355 e. The van der Waals surface area contributed by atoms with Gasteiger partial charge < -0.3 is 15.2 Å². The number of nitrogens with one attached hydrogen (secondary N) is 2. The van der Waals surface area contributed by atoms with Gasteiger partial charge in [-0.25, -0.2) is 4.98 Å². The highest BCUT2D eigenvalue weighted by Crippen LogP contribution is 2.25. The van der Waals surface area contributed by atoms with Gasteiger partial charge in [-0.15, -0.1) is 0 Å². The predicted molar refractivity (Wildman–Crippen MR) is 91.6 cm³/mol. The van der Waals surface area contributed by atoms with Crippen molar-refractivity contribution in [1.82, 2.24) is 15.3 Å². The lowest BCUT2D eigenvalue weighted by Crippen LogP contribution is -2.37. The number of aromatic amines is 1. The molecular weight excluding hydrogens is 304 g/mol. The van der Waals surface area contributed by atoms with E-state index in [1.807, 2.05) is 24.3 Å². The van der Waals surface area contributed by atoms with Crippen LogP contribution in [-0.2, 0) is 22.4 Å². The zero-order valence-electron chi connectivity index (χ0n) is 13.8. The molecule has 6 heteroatoms. The van der Waals surface area contributed by atoms with Crippen LogP contribution in [0.5, 0.6) is 0 Å². The van der Waals surface area contributed by atoms with Gasteiger partial charge in [0, 0.05) is 37.1 Å². The molecule has 1 aromatic carbocycles. The van der Waals surface area contributed by atoms with Crippen molar-refractivity contribution in [1.29, 1.82) is 0 Å². The monoisotopic (exact) mass is 326 g/mol. The maximum atomic E-state index is 12.5. The van der Waals surface area contributed by atoms with E-state index < -0.39 is 5.92 Å². The molecule has 1 atom stereocenters. The average molecular weight is 326 g/mol. The van der Waals surface area contributed by atoms with Crippen molar-refractivity contribution in [3.05, 3.63) is 48.0 Å². The summed E-state index contributed by atoms with van der Waals surface area (Å²) in [7, 11) is 0. The van der Waals surface area contributed by atoms with E-state index in [1.54, 1.807) is 17.4 Å². The van der Waals surface area contributed by atoms with E-state index in [-0.39, 0.29) is 11.8 Å². The second-order valence-electron chi connectivity index (χ2n) is 5.97. The van der Waals surface area contributed by atoms with Gasteiger partial charge in [-0.05, 0) is 30.5 Å². The number of rotatable bonds is 6. The van der Waals surface area contributed by atoms with E-state index in [4.69, 9.17) is 0 Å². The lowest BCUT2D eigenvalue weighted by atomic mass is 10.1. The Bertz CT molecular complexity index is 694. The molecule has 1 saturated heterocycles. The van der Waals surface area contributed by atoms with Gasteiger partial charge >= 0.3 is 0 Å². The minimum absolute atomic E-state index is 0.113. The highest BCUT2D eigenvalue weighted by molar-refractivity contribution is 6.09. The first-order valence-electron chi connectivity index (χ1n) is 8.34. The standard InChI is InChI=1S/C18H22N4O2/c1-2-13-3-5-15(6-4-13)22-10-8-16(18(22)24)17(23)20-9-7-14-11-19-12-21-14/h3-6,11-12,16H,2,7-10H2,1H3,(H,19,21)(H,20,23). The van der Waals surface area contributed by atoms with Crippen LogP contribution in [0.3, 0.4) is 0 Å². The first kappa shape index (κ1) is 16.2. The number of carbonyl (C=O) groups excluding carboxylic acids is 2. The average Bonchev–Trinajstić information content (AvgIpc) is 3.24. The highest BCUT2D eigenvalue weighted by atomic mass is 16.2. The third-order valence-electron chi connectivity index (χ3n) is 4.43. The molecular formula is C18H22N4O2. The number of benzene rings is 1. The van der Waals surface area contributed by atoms with E-state index in [1.165, 1.54) is 5.56 Å². The lowest BCUT2D eigenvalue weighted by Gasteiger charge is -2.17. The molecule has 24 heavy (non-hydrogen) atoms. The lowest BCUT2D eigenvalue weighted by molar-refractivity contribution is -0.132. The smallest absolute Gasteiger partial charge is 0.239 e. The third kappa shape index (κ3) is 3.48. The molecule has 2 aromatic rings. The number of nitrogens with zero attached hydrogens (tertiary/aromatic N) is 2. The fourth-order valence-corrected chi connectivity index (χ4v) is 2.96. The second kappa shape index (κ2) is 7.29. The molecule has 2 N–H and O–H groups in total. The third-order valence-corrected chi connectivity index (χ3v) is 4.43. The SMILES string of the molecule is CCc1ccc(N2CCC(C(=O)NCCc3cnc[nH]3)C2=O)cc1. The van der Waals surface area contributed by atoms with E-state index in [9.17, 15) is 9.59 Å². The van der Waals surface area contributed by atoms with Crippen LogP contribution in [0.15, 0.2) is 36.8 Å². The largest absolute Gasteiger partial charge is 0.355 e. The number of aryl methyl sites for hydroxylation is 1. The van der Waals surface area contributed by atoms with Crippen molar-refractivity contribution in [2.45, 2.75) is 26.2 Å². The van der Waals surface area contributed by atoms with Crippen LogP contribution in [0.25, 0.3) is 0 Å². The van der Waals surface area contributed by atoms with Crippen LogP contribution >= 0.6 is 0 Å². The first-order valence-corrected chi connectivity index (χ1v) is 8.34. The van der Waals surface area contributed by atoms with Crippen LogP contribution in [0.2, 0.25) is 0 Å². The normalized spacial score (nSPS) is 17.3. The van der Waals surface area contributed by atoms with Crippen LogP contribution in [0.4, 0.5) is 5.69 Å². The molecule has 0 spiro atoms. The molecule has 0 aliphatic carbocycles. The Labute approximate surface area is 141 Å². The molecule has 1 unspecified atom stereocenters. The molecule has 0 bridgehead atoms. The van der Waals surface area contributed by atoms with E-state index in [0.29, 0.717) is 25.9 Å². The number of hydrogen-bond donors (Lipinski definition) is 2. The zero-order valence-corrected chi connectivity index (χ0v) is 13.8. The van der Waals surface area contributed by atoms with Crippen LogP contribution in [0.1, 0.15) is 24.6 Å². The molecule has 1 fully saturated rings. The van der Waals surface area contributed by atoms with Crippen molar-refractivity contribution >= 4 is 17.5 Å². The van der Waals surface area contributed by atoms with Crippen LogP contribution < -0.4 is 10.2 Å². The second-order valence-corrected chi connectivity index (χ2v) is 5.97. The minimum atomic E-state index is -0.586. The number of hydrogen-bond acceptors (Lipinski definition) is 3. The molecule has 2 amide bonds. The van der Waals surface area contributed by atoms with Crippen molar-refractivity contribution in [3.63, 3.8) is 0 Å². The van der Waals surface area contributed by atoms with E-state index in [0.717, 1.165) is 17.8 Å². The number of amides is 2. The molecule has 1 aliphatic heterocycles. The maximum absolute atomic E-state index is 12.5. The number of anilines is 1. The fourth-order valence-electron chi connectivity index (χ4n) is 2.96. The summed E-state index contributed by atoms with van der Waals surface area (Å²) in [6.07, 6.45) is 5.54. The van der Waals surface area contributed by atoms with Gasteiger partial charge in [0.05, 0.1) is 6.33 Å². The van der Waals surface area contributed by atoms with Gasteiger partial charge in [0.2, 0.25) is 11.8 Å². The number of aromatic nitrogens is 2. The summed E-state index contributed by atoms with van der Waals surface area (Å²) in [5.74, 6) is -0.886. The van der Waals surface area contributed by atoms with Gasteiger partial charge in [-0.2, -0.15) is 0 Å². The van der Waals surface area contributed by atoms with Crippen LogP contribution in [0, 0.1) is 5.92 Å². The maximum Gasteiger partial charge on any atom is 0.239 e. The van der Waals surface area contributed by atoms with Crippen molar-refractivity contribution in [2.24, 2.45) is 5.92 Å². The molecule has 2 heterocycles. The Balaban J connectivity index is 1.55. The summed E-state index contributed by atoms with van der Waals surface area (Å²) in [4.78, 5) is 33.5. The predicted octanol–water partition coefficient (Wildman–Crippen LogP) is 1.68. The molecule has 6 nitrogen and oxygen atoms in total. The fraction of sp³-hybridized carbons (Fsp3) is 0.389. The Morgan fingerprint density at radius 2 is 2.17 bits per heavy atom. The Kier molecular flexibility index (Phi) is 4.93. The van der Waals surface area contributed by atoms with Gasteiger partial charge in [-0.3, -0.25) is 9.59 Å². The van der Waals surface area contributed by atoms with Crippen molar-refractivity contribution in [2.75, 3.05) is 18.0 Å². The summed E-state index contributed by atoms with van der Waals surface area (Å²) in [6, 6.07) is 7.96. The molecule has 3 rings (SSSR count). The van der Waals surface area contributed by atoms with Crippen LogP contribution in [-0.4, -0.2) is 34.9 Å². The Morgan fingerprint density at radius 1 is 1.38 bits per heavy atom. The molecule has 0 radical (unpaired) electrons. The number of carbonyl (C=O) groups is 2. The van der Waals surface area contributed by atoms with Gasteiger partial charge in [0.25, 0.3) is 0 Å². The van der Waals surface area contributed by atoms with Crippen molar-refractivity contribution in [3.8, 4) is 0 Å². The topological polar surface area (TPSA) is 78.1 Å². The zero-order chi connectivity index (χ0) is 16.9. The van der Waals surface area contributed by atoms with Gasteiger partial charge in [-0.1, -0.05) is 19.1 Å². The van der Waals surface area contributed by atoms with E-state index in [2.05, 4.69) is 22.2 Å². The van der Waals surface area contributed by atoms with Crippen molar-refractivity contribution < 1.29 is 9.59 Å². The quantitative estimate of drug-likeness (QED) is 0.793. The van der Waals surface area contributed by atoms with Gasteiger partial charge in [0.15, 0.2) is 0 Å². The summed E-state index contributed by atoms with van der Waals surface area (Å²) in [5, 5.41) is 2.85. The molecule has 126 valence electrons. The molecule has 0 saturated carbocycles. The van der Waals surface area contributed by atoms with Gasteiger partial charge in [0.1, 0.15) is 5.92 Å². The molecule has 1 aliphatic rings. The number of H-pyrrole nitrogens is 1. The molecule has 1 aromatic heterocycles. The Hall–Kier alpha value is -2.63. The summed E-state index contributed by atoms with van der Waals surface area (Å²) >= 11 is 0. The number of imidazole rings is 1. The van der Waals surface area contributed by atoms with E-state index >= 15 is 0 Å².